The van der Waals surface area contributed by atoms with E-state index < -0.39 is 0 Å². The third kappa shape index (κ3) is 3.10. The van der Waals surface area contributed by atoms with Gasteiger partial charge in [0.05, 0.1) is 17.4 Å². The van der Waals surface area contributed by atoms with Gasteiger partial charge in [-0.25, -0.2) is 4.68 Å². The predicted octanol–water partition coefficient (Wildman–Crippen LogP) is 3.01. The summed E-state index contributed by atoms with van der Waals surface area (Å²) in [5.74, 6) is 0.924. The quantitative estimate of drug-likeness (QED) is 0.883. The summed E-state index contributed by atoms with van der Waals surface area (Å²) >= 11 is 5.95. The van der Waals surface area contributed by atoms with Crippen LogP contribution in [0.2, 0.25) is 0 Å². The van der Waals surface area contributed by atoms with Gasteiger partial charge >= 0.3 is 0 Å². The fourth-order valence-corrected chi connectivity index (χ4v) is 3.19. The number of carbonyl (C=O) groups is 1. The summed E-state index contributed by atoms with van der Waals surface area (Å²) < 4.78 is 1.71. The van der Waals surface area contributed by atoms with Gasteiger partial charge in [-0.3, -0.25) is 4.79 Å². The molecule has 2 atom stereocenters. The highest BCUT2D eigenvalue weighted by atomic mass is 35.5. The molecule has 1 aromatic carbocycles. The number of hydrogen-bond acceptors (Lipinski definition) is 2. The van der Waals surface area contributed by atoms with Crippen molar-refractivity contribution in [2.75, 3.05) is 5.88 Å². The Bertz CT molecular complexity index is 611. The molecule has 2 unspecified atom stereocenters. The van der Waals surface area contributed by atoms with Crippen molar-refractivity contribution >= 4 is 17.5 Å². The zero-order chi connectivity index (χ0) is 14.7. The second-order valence-corrected chi connectivity index (χ2v) is 5.74. The second kappa shape index (κ2) is 6.31. The molecular weight excluding hydrogens is 286 g/mol. The smallest absolute Gasteiger partial charge is 0.254 e. The van der Waals surface area contributed by atoms with E-state index in [0.29, 0.717) is 17.4 Å². The van der Waals surface area contributed by atoms with E-state index in [9.17, 15) is 4.79 Å². The third-order valence-corrected chi connectivity index (χ3v) is 4.44. The van der Waals surface area contributed by atoms with Crippen LogP contribution < -0.4 is 5.32 Å². The van der Waals surface area contributed by atoms with Crippen LogP contribution in [0.3, 0.4) is 0 Å². The van der Waals surface area contributed by atoms with Crippen LogP contribution in [0.15, 0.2) is 42.7 Å². The van der Waals surface area contributed by atoms with Crippen LogP contribution in [-0.2, 0) is 0 Å². The molecule has 1 fully saturated rings. The molecule has 1 heterocycles. The molecule has 1 amide bonds. The van der Waals surface area contributed by atoms with Gasteiger partial charge in [0, 0.05) is 18.1 Å². The predicted molar refractivity (Wildman–Crippen MR) is 82.9 cm³/mol. The van der Waals surface area contributed by atoms with Crippen molar-refractivity contribution in [2.45, 2.75) is 25.3 Å². The number of halogens is 1. The molecule has 21 heavy (non-hydrogen) atoms. The number of amides is 1. The van der Waals surface area contributed by atoms with E-state index in [1.54, 1.807) is 17.1 Å². The van der Waals surface area contributed by atoms with Gasteiger partial charge in [-0.1, -0.05) is 24.6 Å². The van der Waals surface area contributed by atoms with Crippen molar-refractivity contribution in [3.05, 3.63) is 48.3 Å². The van der Waals surface area contributed by atoms with Gasteiger partial charge in [0.15, 0.2) is 0 Å². The fourth-order valence-electron chi connectivity index (χ4n) is 2.83. The first-order valence-electron chi connectivity index (χ1n) is 7.25. The van der Waals surface area contributed by atoms with E-state index >= 15 is 0 Å². The summed E-state index contributed by atoms with van der Waals surface area (Å²) in [5, 5.41) is 7.34. The van der Waals surface area contributed by atoms with E-state index in [1.165, 1.54) is 0 Å². The summed E-state index contributed by atoms with van der Waals surface area (Å²) in [6.45, 7) is 0. The molecule has 0 aliphatic heterocycles. The molecule has 0 bridgehead atoms. The summed E-state index contributed by atoms with van der Waals surface area (Å²) in [5.41, 5.74) is 1.52. The lowest BCUT2D eigenvalue weighted by Crippen LogP contribution is -2.37. The third-order valence-electron chi connectivity index (χ3n) is 4.04. The number of nitrogens with zero attached hydrogens (tertiary/aromatic N) is 2. The Morgan fingerprint density at radius 1 is 1.33 bits per heavy atom. The average molecular weight is 304 g/mol. The topological polar surface area (TPSA) is 46.9 Å². The van der Waals surface area contributed by atoms with Crippen molar-refractivity contribution < 1.29 is 4.79 Å². The first kappa shape index (κ1) is 14.1. The fraction of sp³-hybridized carbons (Fsp3) is 0.375. The average Bonchev–Trinajstić information content (AvgIpc) is 3.17. The molecule has 0 spiro atoms. The maximum Gasteiger partial charge on any atom is 0.254 e. The van der Waals surface area contributed by atoms with Gasteiger partial charge in [0.1, 0.15) is 0 Å². The van der Waals surface area contributed by atoms with Gasteiger partial charge < -0.3 is 5.32 Å². The number of rotatable bonds is 4. The van der Waals surface area contributed by atoms with Gasteiger partial charge in [-0.15, -0.1) is 11.6 Å². The molecule has 3 rings (SSSR count). The Morgan fingerprint density at radius 2 is 2.14 bits per heavy atom. The molecule has 0 radical (unpaired) electrons. The van der Waals surface area contributed by atoms with Crippen molar-refractivity contribution in [1.29, 1.82) is 0 Å². The van der Waals surface area contributed by atoms with Crippen LogP contribution in [0.5, 0.6) is 0 Å². The van der Waals surface area contributed by atoms with Crippen molar-refractivity contribution in [3.63, 3.8) is 0 Å². The standard InChI is InChI=1S/C16H18ClN3O/c17-9-12-5-4-8-15(12)19-16(21)13-10-18-20(11-13)14-6-2-1-3-7-14/h1-3,6-7,10-12,15H,4-5,8-9H2,(H,19,21). The first-order chi connectivity index (χ1) is 10.3. The van der Waals surface area contributed by atoms with E-state index in [1.807, 2.05) is 30.3 Å². The van der Waals surface area contributed by atoms with Crippen molar-refractivity contribution in [1.82, 2.24) is 15.1 Å². The number of hydrogen-bond donors (Lipinski definition) is 1. The zero-order valence-electron chi connectivity index (χ0n) is 11.7. The molecule has 1 aliphatic rings. The molecular formula is C16H18ClN3O. The minimum absolute atomic E-state index is 0.0702. The second-order valence-electron chi connectivity index (χ2n) is 5.43. The van der Waals surface area contributed by atoms with Crippen molar-refractivity contribution in [3.8, 4) is 5.69 Å². The Labute approximate surface area is 129 Å². The first-order valence-corrected chi connectivity index (χ1v) is 7.78. The van der Waals surface area contributed by atoms with E-state index in [-0.39, 0.29) is 11.9 Å². The number of nitrogens with one attached hydrogen (secondary N) is 1. The molecule has 1 saturated carbocycles. The van der Waals surface area contributed by atoms with Crippen LogP contribution in [0.4, 0.5) is 0 Å². The van der Waals surface area contributed by atoms with Crippen LogP contribution in [-0.4, -0.2) is 27.6 Å². The summed E-state index contributed by atoms with van der Waals surface area (Å²) in [6.07, 6.45) is 6.60. The molecule has 1 aliphatic carbocycles. The SMILES string of the molecule is O=C(NC1CCCC1CCl)c1cnn(-c2ccccc2)c1. The molecule has 1 N–H and O–H groups in total. The Balaban J connectivity index is 1.70. The number of para-hydroxylation sites is 1. The maximum atomic E-state index is 12.3. The Morgan fingerprint density at radius 3 is 2.90 bits per heavy atom. The van der Waals surface area contributed by atoms with Gasteiger partial charge in [-0.2, -0.15) is 5.10 Å². The molecule has 110 valence electrons. The Hall–Kier alpha value is -1.81. The largest absolute Gasteiger partial charge is 0.349 e. The minimum Gasteiger partial charge on any atom is -0.349 e. The number of carbonyl (C=O) groups excluding carboxylic acids is 1. The lowest BCUT2D eigenvalue weighted by molar-refractivity contribution is 0.0930. The van der Waals surface area contributed by atoms with E-state index in [4.69, 9.17) is 11.6 Å². The Kier molecular flexibility index (Phi) is 4.25. The molecule has 5 heteroatoms. The van der Waals surface area contributed by atoms with E-state index in [0.717, 1.165) is 24.9 Å². The minimum atomic E-state index is -0.0702. The highest BCUT2D eigenvalue weighted by molar-refractivity contribution is 6.18. The zero-order valence-corrected chi connectivity index (χ0v) is 12.5. The van der Waals surface area contributed by atoms with Crippen LogP contribution in [0.25, 0.3) is 5.69 Å². The van der Waals surface area contributed by atoms with Gasteiger partial charge in [-0.05, 0) is 30.9 Å². The highest BCUT2D eigenvalue weighted by Gasteiger charge is 2.28. The molecule has 0 saturated heterocycles. The molecule has 1 aromatic heterocycles. The molecule has 2 aromatic rings. The lowest BCUT2D eigenvalue weighted by Gasteiger charge is -2.18. The van der Waals surface area contributed by atoms with E-state index in [2.05, 4.69) is 10.4 Å². The number of aromatic nitrogens is 2. The normalized spacial score (nSPS) is 21.4. The number of alkyl halides is 1. The van der Waals surface area contributed by atoms with Crippen LogP contribution >= 0.6 is 11.6 Å². The monoisotopic (exact) mass is 303 g/mol. The van der Waals surface area contributed by atoms with Crippen LogP contribution in [0, 0.1) is 5.92 Å². The summed E-state index contributed by atoms with van der Waals surface area (Å²) in [6, 6.07) is 9.94. The molecule has 4 nitrogen and oxygen atoms in total. The summed E-state index contributed by atoms with van der Waals surface area (Å²) in [7, 11) is 0. The lowest BCUT2D eigenvalue weighted by atomic mass is 10.1. The van der Waals surface area contributed by atoms with Gasteiger partial charge in [0.25, 0.3) is 5.91 Å². The highest BCUT2D eigenvalue weighted by Crippen LogP contribution is 2.26. The maximum absolute atomic E-state index is 12.3. The number of benzene rings is 1. The van der Waals surface area contributed by atoms with Crippen molar-refractivity contribution in [2.24, 2.45) is 5.92 Å². The summed E-state index contributed by atoms with van der Waals surface area (Å²) in [4.78, 5) is 12.3. The van der Waals surface area contributed by atoms with Gasteiger partial charge in [0.2, 0.25) is 0 Å². The van der Waals surface area contributed by atoms with Crippen LogP contribution in [0.1, 0.15) is 29.6 Å².